The minimum absolute atomic E-state index is 0.603. The van der Waals surface area contributed by atoms with Gasteiger partial charge in [0.2, 0.25) is 0 Å². The summed E-state index contributed by atoms with van der Waals surface area (Å²) in [5.41, 5.74) is 9.34. The summed E-state index contributed by atoms with van der Waals surface area (Å²) in [5.74, 6) is 0. The van der Waals surface area contributed by atoms with Crippen molar-refractivity contribution in [2.24, 2.45) is 5.73 Å². The number of anilines is 1. The van der Waals surface area contributed by atoms with Gasteiger partial charge in [-0.15, -0.1) is 0 Å². The molecule has 15 heavy (non-hydrogen) atoms. The molecular weight excluding hydrogens is 184 g/mol. The molecule has 2 aromatic rings. The first-order chi connectivity index (χ1) is 7.26. The first-order valence-electron chi connectivity index (χ1n) is 5.16. The summed E-state index contributed by atoms with van der Waals surface area (Å²) in [7, 11) is 1.95. The second-order valence-corrected chi connectivity index (χ2v) is 3.76. The fourth-order valence-corrected chi connectivity index (χ4v) is 1.92. The lowest BCUT2D eigenvalue weighted by Crippen LogP contribution is -1.99. The maximum Gasteiger partial charge on any atom is 0.0417 e. The molecule has 2 aromatic carbocycles. The molecule has 0 saturated carbocycles. The predicted octanol–water partition coefficient (Wildman–Crippen LogP) is 2.65. The topological polar surface area (TPSA) is 38.0 Å². The lowest BCUT2D eigenvalue weighted by Gasteiger charge is -2.09. The van der Waals surface area contributed by atoms with Gasteiger partial charge in [0.25, 0.3) is 0 Å². The normalized spacial score (nSPS) is 10.6. The van der Waals surface area contributed by atoms with Gasteiger partial charge in [0.1, 0.15) is 0 Å². The molecule has 0 spiro atoms. The van der Waals surface area contributed by atoms with Crippen LogP contribution in [0.2, 0.25) is 0 Å². The number of rotatable bonds is 2. The Balaban J connectivity index is 2.74. The van der Waals surface area contributed by atoms with Gasteiger partial charge in [-0.2, -0.15) is 0 Å². The number of nitrogens with one attached hydrogen (secondary N) is 1. The van der Waals surface area contributed by atoms with E-state index in [2.05, 4.69) is 42.6 Å². The standard InChI is InChI=1S/C13H16N2/c1-9-6-12-10(7-11(9)8-14)4-3-5-13(12)15-2/h3-7,15H,8,14H2,1-2H3. The van der Waals surface area contributed by atoms with E-state index >= 15 is 0 Å². The molecule has 0 heterocycles. The Kier molecular flexibility index (Phi) is 2.60. The highest BCUT2D eigenvalue weighted by Crippen LogP contribution is 2.26. The molecule has 0 amide bonds. The minimum atomic E-state index is 0.603. The largest absolute Gasteiger partial charge is 0.388 e. The number of benzene rings is 2. The van der Waals surface area contributed by atoms with Crippen molar-refractivity contribution in [3.05, 3.63) is 41.5 Å². The Morgan fingerprint density at radius 2 is 2.07 bits per heavy atom. The predicted molar refractivity (Wildman–Crippen MR) is 66.1 cm³/mol. The van der Waals surface area contributed by atoms with Crippen molar-refractivity contribution in [3.63, 3.8) is 0 Å². The van der Waals surface area contributed by atoms with Crippen molar-refractivity contribution in [1.29, 1.82) is 0 Å². The molecule has 0 aliphatic heterocycles. The molecule has 0 aromatic heterocycles. The van der Waals surface area contributed by atoms with Gasteiger partial charge in [0, 0.05) is 24.7 Å². The number of hydrogen-bond acceptors (Lipinski definition) is 2. The van der Waals surface area contributed by atoms with Gasteiger partial charge in [-0.1, -0.05) is 12.1 Å². The fourth-order valence-electron chi connectivity index (χ4n) is 1.92. The Labute approximate surface area is 90.1 Å². The van der Waals surface area contributed by atoms with Crippen molar-refractivity contribution in [1.82, 2.24) is 0 Å². The zero-order valence-corrected chi connectivity index (χ0v) is 9.17. The summed E-state index contributed by atoms with van der Waals surface area (Å²) >= 11 is 0. The Bertz CT molecular complexity index is 489. The van der Waals surface area contributed by atoms with Crippen molar-refractivity contribution in [2.75, 3.05) is 12.4 Å². The van der Waals surface area contributed by atoms with E-state index < -0.39 is 0 Å². The SMILES string of the molecule is CNc1cccc2cc(CN)c(C)cc12. The van der Waals surface area contributed by atoms with E-state index in [0.717, 1.165) is 0 Å². The van der Waals surface area contributed by atoms with Gasteiger partial charge in [-0.25, -0.2) is 0 Å². The summed E-state index contributed by atoms with van der Waals surface area (Å²) < 4.78 is 0. The highest BCUT2D eigenvalue weighted by molar-refractivity contribution is 5.94. The second-order valence-electron chi connectivity index (χ2n) is 3.76. The van der Waals surface area contributed by atoms with Crippen LogP contribution in [-0.4, -0.2) is 7.05 Å². The molecule has 2 nitrogen and oxygen atoms in total. The molecule has 0 aliphatic rings. The molecule has 0 atom stereocenters. The van der Waals surface area contributed by atoms with Crippen molar-refractivity contribution >= 4 is 16.5 Å². The van der Waals surface area contributed by atoms with E-state index in [4.69, 9.17) is 5.73 Å². The highest BCUT2D eigenvalue weighted by Gasteiger charge is 2.02. The summed E-state index contributed by atoms with van der Waals surface area (Å²) in [6.07, 6.45) is 0. The monoisotopic (exact) mass is 200 g/mol. The quantitative estimate of drug-likeness (QED) is 0.782. The van der Waals surface area contributed by atoms with Crippen LogP contribution in [0.15, 0.2) is 30.3 Å². The smallest absolute Gasteiger partial charge is 0.0417 e. The second kappa shape index (κ2) is 3.91. The number of fused-ring (bicyclic) bond motifs is 1. The molecule has 0 fully saturated rings. The van der Waals surface area contributed by atoms with Gasteiger partial charge in [0.05, 0.1) is 0 Å². The minimum Gasteiger partial charge on any atom is -0.388 e. The van der Waals surface area contributed by atoms with Gasteiger partial charge in [0.15, 0.2) is 0 Å². The Hall–Kier alpha value is -1.54. The van der Waals surface area contributed by atoms with Crippen LogP contribution in [0.5, 0.6) is 0 Å². The molecular formula is C13H16N2. The third kappa shape index (κ3) is 1.68. The maximum absolute atomic E-state index is 5.70. The lowest BCUT2D eigenvalue weighted by molar-refractivity contribution is 1.05. The summed E-state index contributed by atoms with van der Waals surface area (Å²) in [6, 6.07) is 10.6. The van der Waals surface area contributed by atoms with Crippen LogP contribution in [0.4, 0.5) is 5.69 Å². The first-order valence-corrected chi connectivity index (χ1v) is 5.16. The Morgan fingerprint density at radius 3 is 2.73 bits per heavy atom. The molecule has 0 saturated heterocycles. The van der Waals surface area contributed by atoms with E-state index in [-0.39, 0.29) is 0 Å². The maximum atomic E-state index is 5.70. The molecule has 0 unspecified atom stereocenters. The molecule has 3 N–H and O–H groups in total. The van der Waals surface area contributed by atoms with E-state index in [1.165, 1.54) is 27.6 Å². The highest BCUT2D eigenvalue weighted by atomic mass is 14.8. The number of hydrogen-bond donors (Lipinski definition) is 2. The fraction of sp³-hybridized carbons (Fsp3) is 0.231. The Morgan fingerprint density at radius 1 is 1.27 bits per heavy atom. The van der Waals surface area contributed by atoms with Crippen LogP contribution in [0.25, 0.3) is 10.8 Å². The van der Waals surface area contributed by atoms with E-state index in [1.54, 1.807) is 0 Å². The first kappa shape index (κ1) is 9.99. The summed E-state index contributed by atoms with van der Waals surface area (Å²) in [5, 5.41) is 5.71. The van der Waals surface area contributed by atoms with Crippen molar-refractivity contribution < 1.29 is 0 Å². The van der Waals surface area contributed by atoms with E-state index in [9.17, 15) is 0 Å². The summed E-state index contributed by atoms with van der Waals surface area (Å²) in [4.78, 5) is 0. The van der Waals surface area contributed by atoms with Gasteiger partial charge in [-0.05, 0) is 41.6 Å². The molecule has 0 radical (unpaired) electrons. The van der Waals surface area contributed by atoms with Gasteiger partial charge >= 0.3 is 0 Å². The molecule has 0 bridgehead atoms. The molecule has 0 aliphatic carbocycles. The van der Waals surface area contributed by atoms with Crippen LogP contribution in [0, 0.1) is 6.92 Å². The van der Waals surface area contributed by atoms with Crippen LogP contribution in [0.3, 0.4) is 0 Å². The van der Waals surface area contributed by atoms with Gasteiger partial charge < -0.3 is 11.1 Å². The van der Waals surface area contributed by atoms with Crippen LogP contribution >= 0.6 is 0 Å². The summed E-state index contributed by atoms with van der Waals surface area (Å²) in [6.45, 7) is 2.71. The number of aryl methyl sites for hydroxylation is 1. The van der Waals surface area contributed by atoms with E-state index in [0.29, 0.717) is 6.54 Å². The third-order valence-corrected chi connectivity index (χ3v) is 2.83. The zero-order valence-electron chi connectivity index (χ0n) is 9.17. The molecule has 2 rings (SSSR count). The van der Waals surface area contributed by atoms with Crippen LogP contribution in [-0.2, 0) is 6.54 Å². The van der Waals surface area contributed by atoms with Crippen LogP contribution in [0.1, 0.15) is 11.1 Å². The zero-order chi connectivity index (χ0) is 10.8. The van der Waals surface area contributed by atoms with Crippen molar-refractivity contribution in [2.45, 2.75) is 13.5 Å². The van der Waals surface area contributed by atoms with Crippen molar-refractivity contribution in [3.8, 4) is 0 Å². The average molecular weight is 200 g/mol. The third-order valence-electron chi connectivity index (χ3n) is 2.83. The lowest BCUT2D eigenvalue weighted by atomic mass is 10.0. The average Bonchev–Trinajstić information content (AvgIpc) is 2.27. The molecule has 78 valence electrons. The van der Waals surface area contributed by atoms with Crippen LogP contribution < -0.4 is 11.1 Å². The van der Waals surface area contributed by atoms with Gasteiger partial charge in [-0.3, -0.25) is 0 Å². The number of nitrogens with two attached hydrogens (primary N) is 1. The molecule has 2 heteroatoms. The van der Waals surface area contributed by atoms with E-state index in [1.807, 2.05) is 7.05 Å².